The number of pyridine rings is 2. The third-order valence-electron chi connectivity index (χ3n) is 16.7. The Balaban J connectivity index is 0.000000198. The minimum atomic E-state index is -5.20. The fourth-order valence-electron chi connectivity index (χ4n) is 12.7. The number of benzene rings is 4. The Morgan fingerprint density at radius 2 is 1.17 bits per heavy atom. The highest BCUT2D eigenvalue weighted by Crippen LogP contribution is 2.47. The maximum Gasteiger partial charge on any atom is 0.416 e. The van der Waals surface area contributed by atoms with Crippen LogP contribution in [0.4, 0.5) is 52.7 Å². The Bertz CT molecular complexity index is 3510. The van der Waals surface area contributed by atoms with Crippen LogP contribution in [0.1, 0.15) is 96.4 Å². The Labute approximate surface area is 466 Å². The van der Waals surface area contributed by atoms with Gasteiger partial charge in [-0.15, -0.1) is 6.58 Å². The average molecular weight is 1200 g/mol. The third-order valence-corrected chi connectivity index (χ3v) is 19.9. The highest BCUT2D eigenvalue weighted by Gasteiger charge is 2.48. The number of alkyl halides is 12. The third kappa shape index (κ3) is 12.9. The number of ether oxygens (including phenoxy) is 1. The number of aryl methyl sites for hydroxylation is 1. The van der Waals surface area contributed by atoms with Crippen molar-refractivity contribution in [2.75, 3.05) is 39.0 Å². The number of fused-ring (bicyclic) bond motifs is 8. The molecule has 6 aliphatic rings. The van der Waals surface area contributed by atoms with Crippen molar-refractivity contribution < 1.29 is 74.3 Å². The molecule has 12 rings (SSSR count). The quantitative estimate of drug-likeness (QED) is 0.0839. The van der Waals surface area contributed by atoms with Crippen LogP contribution in [-0.4, -0.2) is 87.7 Å². The summed E-state index contributed by atoms with van der Waals surface area (Å²) in [4.78, 5) is 11.0. The first-order valence-corrected chi connectivity index (χ1v) is 29.7. The van der Waals surface area contributed by atoms with Crippen molar-refractivity contribution in [3.63, 3.8) is 0 Å². The first-order chi connectivity index (χ1) is 38.4. The van der Waals surface area contributed by atoms with E-state index in [9.17, 15) is 69.5 Å². The summed E-state index contributed by atoms with van der Waals surface area (Å²) < 4.78 is 226. The normalized spacial score (nSPS) is 24.0. The maximum absolute atomic E-state index is 13.8. The predicted molar refractivity (Wildman–Crippen MR) is 284 cm³/mol. The number of aromatic nitrogens is 2. The lowest BCUT2D eigenvalue weighted by Gasteiger charge is -2.52. The summed E-state index contributed by atoms with van der Waals surface area (Å²) >= 11 is 0. The number of piperidine rings is 6. The van der Waals surface area contributed by atoms with Crippen LogP contribution in [0, 0.1) is 30.6 Å². The van der Waals surface area contributed by atoms with E-state index in [1.54, 1.807) is 36.5 Å². The molecule has 8 heterocycles. The summed E-state index contributed by atoms with van der Waals surface area (Å²) in [7, 11) is -8.02. The van der Waals surface area contributed by atoms with Crippen molar-refractivity contribution in [1.29, 1.82) is 0 Å². The van der Waals surface area contributed by atoms with Gasteiger partial charge in [0.15, 0.2) is 9.84 Å². The van der Waals surface area contributed by atoms with Crippen LogP contribution in [0.5, 0.6) is 5.75 Å². The number of methoxy groups -OCH3 is 1. The average Bonchev–Trinajstić information content (AvgIpc) is 3.58. The minimum Gasteiger partial charge on any atom is -0.497 e. The van der Waals surface area contributed by atoms with Gasteiger partial charge in [-0.3, -0.25) is 19.8 Å². The molecule has 9 unspecified atom stereocenters. The van der Waals surface area contributed by atoms with Crippen molar-refractivity contribution in [1.82, 2.24) is 24.5 Å². The summed E-state index contributed by atoms with van der Waals surface area (Å²) in [5.41, 5.74) is -3.45. The standard InChI is InChI=1S/C30H32F6N2O2S.C28H27F6N3O3S/c1-3-4-20-16-38-10-8-19(20)12-28(38)26(24-7-9-37-27-6-5-18(2)11-25(24)27)17-41(39,40)23-14-21(29(31,32)33)13-22(15-23)30(34,35)36;1-3-16-15-37-9-7-17(16)10-25(37)26(22-6-8-35-24-5-4-20(40-2)14-23(22)24)36-41(38,39)21-12-18(27(29,30)31)11-19(13-21)28(32,33)34/h5-7,9,11,13-15,19-20,26,28H,3-4,8,10,12,16-17H2,1-2H3;3-6,8,11-14,16-17,25-26,36H,1,7,9-10,15H2,2H3/t;16?,17?,25-,26?/m.0/s1. The van der Waals surface area contributed by atoms with Crippen LogP contribution in [0.25, 0.3) is 21.8 Å². The molecule has 0 saturated carbocycles. The van der Waals surface area contributed by atoms with Crippen LogP contribution in [0.3, 0.4) is 0 Å². The fraction of sp³-hybridized carbons (Fsp3) is 0.448. The van der Waals surface area contributed by atoms with Gasteiger partial charge in [0.2, 0.25) is 10.0 Å². The van der Waals surface area contributed by atoms with Crippen molar-refractivity contribution >= 4 is 41.7 Å². The first kappa shape index (κ1) is 60.8. The topological polar surface area (TPSA) is 122 Å². The largest absolute Gasteiger partial charge is 0.497 e. The summed E-state index contributed by atoms with van der Waals surface area (Å²) in [5.74, 6) is 0.420. The second-order valence-corrected chi connectivity index (χ2v) is 25.6. The fourth-order valence-corrected chi connectivity index (χ4v) is 15.7. The molecule has 6 saturated heterocycles. The zero-order chi connectivity index (χ0) is 59.5. The van der Waals surface area contributed by atoms with Gasteiger partial charge >= 0.3 is 24.7 Å². The maximum atomic E-state index is 13.8. The summed E-state index contributed by atoms with van der Waals surface area (Å²) in [6.07, 6.45) is -10.6. The van der Waals surface area contributed by atoms with Crippen LogP contribution >= 0.6 is 0 Å². The van der Waals surface area contributed by atoms with Crippen molar-refractivity contribution in [3.05, 3.63) is 149 Å². The number of halogens is 12. The summed E-state index contributed by atoms with van der Waals surface area (Å²) in [5, 5.41) is 1.28. The molecule has 442 valence electrons. The van der Waals surface area contributed by atoms with Crippen molar-refractivity contribution in [3.8, 4) is 5.75 Å². The van der Waals surface area contributed by atoms with E-state index in [1.807, 2.05) is 31.2 Å². The van der Waals surface area contributed by atoms with Crippen LogP contribution in [0.2, 0.25) is 0 Å². The molecule has 0 radical (unpaired) electrons. The molecular formula is C58H59F12N5O5S2. The van der Waals surface area contributed by atoms with Gasteiger partial charge in [-0.05, 0) is 166 Å². The SMILES string of the molecule is C=CC1CN2CCC1C[C@H]2C(NS(=O)(=O)c1cc(C(F)(F)F)cc(C(F)(F)F)c1)c1ccnc2ccc(OC)cc12.CCCC1CN2CCC1CC2C(CS(=O)(=O)c1cc(C(F)(F)F)cc(C(F)(F)F)c1)c1ccnc2ccc(C)cc12. The van der Waals surface area contributed by atoms with Gasteiger partial charge in [0, 0.05) is 54.3 Å². The molecule has 82 heavy (non-hydrogen) atoms. The number of nitrogens with zero attached hydrogens (tertiary/aromatic N) is 4. The zero-order valence-electron chi connectivity index (χ0n) is 44.6. The number of hydrogen-bond acceptors (Lipinski definition) is 9. The molecule has 6 aliphatic heterocycles. The van der Waals surface area contributed by atoms with E-state index in [1.165, 1.54) is 13.3 Å². The number of rotatable bonds is 14. The lowest BCUT2D eigenvalue weighted by molar-refractivity contribution is -0.145. The summed E-state index contributed by atoms with van der Waals surface area (Å²) in [6, 6.07) is 13.3. The van der Waals surface area contributed by atoms with Gasteiger partial charge in [-0.25, -0.2) is 21.6 Å². The highest BCUT2D eigenvalue weighted by molar-refractivity contribution is 7.91. The van der Waals surface area contributed by atoms with Crippen LogP contribution < -0.4 is 9.46 Å². The number of sulfonamides is 1. The number of nitrogens with one attached hydrogen (secondary N) is 1. The van der Waals surface area contributed by atoms with Gasteiger partial charge in [0.1, 0.15) is 5.75 Å². The molecule has 0 aliphatic carbocycles. The molecule has 10 atom stereocenters. The monoisotopic (exact) mass is 1200 g/mol. The lowest BCUT2D eigenvalue weighted by atomic mass is 9.70. The molecule has 4 bridgehead atoms. The Hall–Kier alpha value is -5.82. The molecule has 1 N–H and O–H groups in total. The summed E-state index contributed by atoms with van der Waals surface area (Å²) in [6.45, 7) is 10.8. The Kier molecular flexibility index (Phi) is 17.0. The molecule has 2 aromatic heterocycles. The van der Waals surface area contributed by atoms with Crippen LogP contribution in [-0.2, 0) is 44.6 Å². The van der Waals surface area contributed by atoms with E-state index < -0.39 is 100 Å². The van der Waals surface area contributed by atoms with E-state index in [0.717, 1.165) is 56.1 Å². The predicted octanol–water partition coefficient (Wildman–Crippen LogP) is 13.8. The second kappa shape index (κ2) is 23.0. The smallest absolute Gasteiger partial charge is 0.416 e. The van der Waals surface area contributed by atoms with Gasteiger partial charge in [-0.2, -0.15) is 52.7 Å². The number of sulfone groups is 1. The van der Waals surface area contributed by atoms with Gasteiger partial charge in [-0.1, -0.05) is 31.1 Å². The van der Waals surface area contributed by atoms with E-state index in [0.29, 0.717) is 76.8 Å². The van der Waals surface area contributed by atoms with E-state index in [4.69, 9.17) is 4.74 Å². The van der Waals surface area contributed by atoms with Gasteiger partial charge in [0.05, 0.1) is 62.0 Å². The molecular weight excluding hydrogens is 1140 g/mol. The van der Waals surface area contributed by atoms with Crippen molar-refractivity contribution in [2.45, 2.75) is 111 Å². The molecule has 10 nitrogen and oxygen atoms in total. The Morgan fingerprint density at radius 1 is 0.659 bits per heavy atom. The van der Waals surface area contributed by atoms with Crippen molar-refractivity contribution in [2.24, 2.45) is 23.7 Å². The molecule has 24 heteroatoms. The van der Waals surface area contributed by atoms with Crippen LogP contribution in [0.15, 0.2) is 120 Å². The Morgan fingerprint density at radius 3 is 1.67 bits per heavy atom. The molecule has 4 aromatic carbocycles. The minimum absolute atomic E-state index is 0.0463. The van der Waals surface area contributed by atoms with Gasteiger partial charge in [0.25, 0.3) is 0 Å². The second-order valence-electron chi connectivity index (χ2n) is 21.8. The first-order valence-electron chi connectivity index (χ1n) is 26.6. The van der Waals surface area contributed by atoms with E-state index in [2.05, 4.69) is 38.0 Å². The van der Waals surface area contributed by atoms with E-state index in [-0.39, 0.29) is 42.1 Å². The molecule has 6 fully saturated rings. The zero-order valence-corrected chi connectivity index (χ0v) is 46.2. The number of hydrogen-bond donors (Lipinski definition) is 1. The molecule has 0 amide bonds. The molecule has 6 aromatic rings. The highest BCUT2D eigenvalue weighted by atomic mass is 32.2. The molecule has 0 spiro atoms. The van der Waals surface area contributed by atoms with Gasteiger partial charge < -0.3 is 4.74 Å². The lowest BCUT2D eigenvalue weighted by Crippen LogP contribution is -2.57. The van der Waals surface area contributed by atoms with E-state index >= 15 is 0 Å².